The van der Waals surface area contributed by atoms with Crippen LogP contribution >= 0.6 is 0 Å². The molecular weight excluding hydrogens is 256 g/mol. The van der Waals surface area contributed by atoms with Gasteiger partial charge in [0.25, 0.3) is 0 Å². The van der Waals surface area contributed by atoms with Crippen molar-refractivity contribution < 1.29 is 13.9 Å². The highest BCUT2D eigenvalue weighted by molar-refractivity contribution is 5.94. The summed E-state index contributed by atoms with van der Waals surface area (Å²) in [6.45, 7) is 1.93. The normalized spacial score (nSPS) is 10.9. The first kappa shape index (κ1) is 12.5. The third-order valence-corrected chi connectivity index (χ3v) is 3.31. The number of methoxy groups -OCH3 is 2. The van der Waals surface area contributed by atoms with Crippen LogP contribution in [0, 0.1) is 6.92 Å². The average molecular weight is 270 g/mol. The number of hydrogen-bond acceptors (Lipinski definition) is 4. The Kier molecular flexibility index (Phi) is 2.86. The summed E-state index contributed by atoms with van der Waals surface area (Å²) in [7, 11) is 3.11. The molecule has 2 aromatic carbocycles. The van der Waals surface area contributed by atoms with Crippen LogP contribution in [0.25, 0.3) is 21.9 Å². The standard InChI is InChI=1S/C16H14O4/c1-9-6-13(19-3)15-14(7-9)20-12-5-4-10(18-2)8-11(12)16(15)17/h4-8H,1-3H3. The van der Waals surface area contributed by atoms with Gasteiger partial charge in [-0.2, -0.15) is 0 Å². The maximum absolute atomic E-state index is 12.7. The molecule has 20 heavy (non-hydrogen) atoms. The summed E-state index contributed by atoms with van der Waals surface area (Å²) >= 11 is 0. The predicted molar refractivity (Wildman–Crippen MR) is 77.8 cm³/mol. The quantitative estimate of drug-likeness (QED) is 0.670. The molecule has 4 nitrogen and oxygen atoms in total. The van der Waals surface area contributed by atoms with Crippen LogP contribution in [0.2, 0.25) is 0 Å². The van der Waals surface area contributed by atoms with Crippen molar-refractivity contribution in [3.8, 4) is 11.5 Å². The molecule has 1 aromatic heterocycles. The van der Waals surface area contributed by atoms with Crippen molar-refractivity contribution in [3.05, 3.63) is 46.1 Å². The number of fused-ring (bicyclic) bond motifs is 2. The second-order valence-corrected chi connectivity index (χ2v) is 4.63. The van der Waals surface area contributed by atoms with Crippen molar-refractivity contribution in [2.24, 2.45) is 0 Å². The van der Waals surface area contributed by atoms with Gasteiger partial charge in [0.2, 0.25) is 5.43 Å². The zero-order chi connectivity index (χ0) is 14.3. The summed E-state index contributed by atoms with van der Waals surface area (Å²) in [5.74, 6) is 1.15. The Balaban J connectivity index is 2.51. The first-order valence-corrected chi connectivity index (χ1v) is 6.23. The molecule has 3 aromatic rings. The number of rotatable bonds is 2. The van der Waals surface area contributed by atoms with Crippen molar-refractivity contribution in [2.45, 2.75) is 6.92 Å². The number of hydrogen-bond donors (Lipinski definition) is 0. The number of aryl methyl sites for hydroxylation is 1. The molecular formula is C16H14O4. The molecule has 0 spiro atoms. The van der Waals surface area contributed by atoms with Gasteiger partial charge in [0, 0.05) is 0 Å². The molecule has 0 fully saturated rings. The van der Waals surface area contributed by atoms with E-state index in [-0.39, 0.29) is 5.43 Å². The summed E-state index contributed by atoms with van der Waals surface area (Å²) in [5, 5.41) is 0.942. The van der Waals surface area contributed by atoms with Crippen LogP contribution < -0.4 is 14.9 Å². The lowest BCUT2D eigenvalue weighted by Crippen LogP contribution is -2.04. The Labute approximate surface area is 115 Å². The van der Waals surface area contributed by atoms with Crippen LogP contribution in [0.1, 0.15) is 5.56 Å². The molecule has 0 saturated carbocycles. The summed E-state index contributed by atoms with van der Waals surface area (Å²) < 4.78 is 16.3. The molecule has 3 rings (SSSR count). The predicted octanol–water partition coefficient (Wildman–Crippen LogP) is 3.27. The third kappa shape index (κ3) is 1.81. The van der Waals surface area contributed by atoms with Gasteiger partial charge in [0.05, 0.1) is 19.6 Å². The molecule has 0 radical (unpaired) electrons. The monoisotopic (exact) mass is 270 g/mol. The molecule has 102 valence electrons. The van der Waals surface area contributed by atoms with Crippen molar-refractivity contribution in [2.75, 3.05) is 14.2 Å². The lowest BCUT2D eigenvalue weighted by molar-refractivity contribution is 0.415. The zero-order valence-electron chi connectivity index (χ0n) is 11.5. The van der Waals surface area contributed by atoms with E-state index in [2.05, 4.69) is 0 Å². The van der Waals surface area contributed by atoms with E-state index in [1.165, 1.54) is 0 Å². The fraction of sp³-hybridized carbons (Fsp3) is 0.188. The summed E-state index contributed by atoms with van der Waals surface area (Å²) in [4.78, 5) is 12.7. The van der Waals surface area contributed by atoms with Gasteiger partial charge in [-0.1, -0.05) is 0 Å². The highest BCUT2D eigenvalue weighted by atomic mass is 16.5. The Morgan fingerprint density at radius 1 is 1.00 bits per heavy atom. The van der Waals surface area contributed by atoms with Gasteiger partial charge in [-0.25, -0.2) is 0 Å². The smallest absolute Gasteiger partial charge is 0.204 e. The molecule has 0 amide bonds. The van der Waals surface area contributed by atoms with E-state index in [0.29, 0.717) is 33.4 Å². The molecule has 0 saturated heterocycles. The minimum absolute atomic E-state index is 0.114. The fourth-order valence-corrected chi connectivity index (χ4v) is 2.34. The molecule has 0 N–H and O–H groups in total. The van der Waals surface area contributed by atoms with Crippen LogP contribution in [-0.2, 0) is 0 Å². The summed E-state index contributed by atoms with van der Waals surface area (Å²) in [6.07, 6.45) is 0. The molecule has 0 aliphatic rings. The number of benzene rings is 2. The Morgan fingerprint density at radius 2 is 1.80 bits per heavy atom. The molecule has 0 atom stereocenters. The molecule has 4 heteroatoms. The highest BCUT2D eigenvalue weighted by Gasteiger charge is 2.13. The molecule has 0 aliphatic heterocycles. The minimum Gasteiger partial charge on any atom is -0.497 e. The number of ether oxygens (including phenoxy) is 2. The first-order chi connectivity index (χ1) is 9.63. The van der Waals surface area contributed by atoms with Crippen LogP contribution in [-0.4, -0.2) is 14.2 Å². The average Bonchev–Trinajstić information content (AvgIpc) is 2.46. The SMILES string of the molecule is COc1ccc2oc3cc(C)cc(OC)c3c(=O)c2c1. The summed E-state index contributed by atoms with van der Waals surface area (Å²) in [6, 6.07) is 8.85. The van der Waals surface area contributed by atoms with E-state index in [9.17, 15) is 4.79 Å². The van der Waals surface area contributed by atoms with Crippen molar-refractivity contribution in [3.63, 3.8) is 0 Å². The van der Waals surface area contributed by atoms with E-state index in [1.54, 1.807) is 32.4 Å². The van der Waals surface area contributed by atoms with Gasteiger partial charge in [-0.05, 0) is 42.8 Å². The van der Waals surface area contributed by atoms with Crippen molar-refractivity contribution >= 4 is 21.9 Å². The Hall–Kier alpha value is -2.49. The maximum Gasteiger partial charge on any atom is 0.204 e. The molecule has 0 unspecified atom stereocenters. The Bertz CT molecular complexity index is 862. The van der Waals surface area contributed by atoms with Crippen LogP contribution in [0.3, 0.4) is 0 Å². The van der Waals surface area contributed by atoms with E-state index in [1.807, 2.05) is 19.1 Å². The Morgan fingerprint density at radius 3 is 2.50 bits per heavy atom. The zero-order valence-corrected chi connectivity index (χ0v) is 11.5. The second kappa shape index (κ2) is 4.56. The lowest BCUT2D eigenvalue weighted by atomic mass is 10.1. The van der Waals surface area contributed by atoms with Gasteiger partial charge >= 0.3 is 0 Å². The third-order valence-electron chi connectivity index (χ3n) is 3.31. The second-order valence-electron chi connectivity index (χ2n) is 4.63. The van der Waals surface area contributed by atoms with Gasteiger partial charge in [-0.3, -0.25) is 4.79 Å². The molecule has 0 bridgehead atoms. The van der Waals surface area contributed by atoms with Crippen molar-refractivity contribution in [1.29, 1.82) is 0 Å². The van der Waals surface area contributed by atoms with Crippen molar-refractivity contribution in [1.82, 2.24) is 0 Å². The van der Waals surface area contributed by atoms with Crippen LogP contribution in [0.5, 0.6) is 11.5 Å². The van der Waals surface area contributed by atoms with E-state index < -0.39 is 0 Å². The largest absolute Gasteiger partial charge is 0.497 e. The van der Waals surface area contributed by atoms with Crippen LogP contribution in [0.4, 0.5) is 0 Å². The van der Waals surface area contributed by atoms with Gasteiger partial charge in [-0.15, -0.1) is 0 Å². The summed E-state index contributed by atoms with van der Waals surface area (Å²) in [5.41, 5.74) is 1.93. The van der Waals surface area contributed by atoms with Gasteiger partial charge < -0.3 is 13.9 Å². The maximum atomic E-state index is 12.7. The highest BCUT2D eigenvalue weighted by Crippen LogP contribution is 2.28. The molecule has 0 aliphatic carbocycles. The lowest BCUT2D eigenvalue weighted by Gasteiger charge is -2.08. The van der Waals surface area contributed by atoms with E-state index in [4.69, 9.17) is 13.9 Å². The molecule has 1 heterocycles. The van der Waals surface area contributed by atoms with Gasteiger partial charge in [0.1, 0.15) is 28.1 Å². The first-order valence-electron chi connectivity index (χ1n) is 6.23. The van der Waals surface area contributed by atoms with E-state index >= 15 is 0 Å². The minimum atomic E-state index is -0.114. The fourth-order valence-electron chi connectivity index (χ4n) is 2.34. The topological polar surface area (TPSA) is 48.7 Å². The van der Waals surface area contributed by atoms with Crippen LogP contribution in [0.15, 0.2) is 39.5 Å². The van der Waals surface area contributed by atoms with E-state index in [0.717, 1.165) is 5.56 Å². The van der Waals surface area contributed by atoms with Gasteiger partial charge in [0.15, 0.2) is 0 Å².